The van der Waals surface area contributed by atoms with Crippen molar-refractivity contribution in [3.63, 3.8) is 0 Å². The Morgan fingerprint density at radius 1 is 0.829 bits per heavy atom. The van der Waals surface area contributed by atoms with Crippen LogP contribution in [0.5, 0.6) is 11.6 Å². The number of thioether (sulfide) groups is 3. The Bertz CT molecular complexity index is 4780. The quantitative estimate of drug-likeness (QED) is 0.00998. The molecule has 16 N–H and O–H groups in total. The number of benzene rings is 1. The maximum absolute atomic E-state index is 13.3. The molecule has 5 amide bonds. The van der Waals surface area contributed by atoms with Gasteiger partial charge in [-0.2, -0.15) is 4.98 Å². The fourth-order valence-corrected chi connectivity index (χ4v) is 17.3. The van der Waals surface area contributed by atoms with E-state index in [0.717, 1.165) is 44.2 Å². The molecule has 9 atom stereocenters. The summed E-state index contributed by atoms with van der Waals surface area (Å²) in [5, 5.41) is 114. The molecule has 1 aromatic carbocycles. The second-order valence-corrected chi connectivity index (χ2v) is 29.7. The number of aromatic hydroxyl groups is 2. The molecule has 2 saturated heterocycles. The van der Waals surface area contributed by atoms with E-state index in [1.165, 1.54) is 111 Å². The third kappa shape index (κ3) is 14.2. The van der Waals surface area contributed by atoms with Gasteiger partial charge >= 0.3 is 17.5 Å². The van der Waals surface area contributed by atoms with Gasteiger partial charge in [0.05, 0.1) is 28.9 Å². The van der Waals surface area contributed by atoms with Crippen LogP contribution in [-0.4, -0.2) is 229 Å². The molecule has 0 saturated carbocycles. The summed E-state index contributed by atoms with van der Waals surface area (Å²) in [6.45, 7) is 4.15. The van der Waals surface area contributed by atoms with Crippen LogP contribution in [-0.2, 0) is 72.0 Å². The molecule has 7 aliphatic rings. The third-order valence-corrected chi connectivity index (χ3v) is 22.7. The van der Waals surface area contributed by atoms with Crippen molar-refractivity contribution >= 4 is 139 Å². The number of aryl methyl sites for hydroxylation is 1. The van der Waals surface area contributed by atoms with Gasteiger partial charge in [0.25, 0.3) is 35.4 Å². The van der Waals surface area contributed by atoms with Gasteiger partial charge in [-0.3, -0.25) is 53.1 Å². The van der Waals surface area contributed by atoms with Gasteiger partial charge in [0.1, 0.15) is 69.9 Å². The molecule has 0 radical (unpaired) electrons. The number of Topliss-reactive ketones (excluding diaryl/α,β-unsaturated/α-hetero) is 2. The van der Waals surface area contributed by atoms with Gasteiger partial charge in [-0.25, -0.2) is 28.8 Å². The number of oxime groups is 2. The first kappa shape index (κ1) is 76.8. The number of β-lactam (4-membered cyclic amide) rings is 2. The number of phenolic OH excluding ortho intramolecular Hbond substituents is 1. The molecule has 8 heterocycles. The van der Waals surface area contributed by atoms with Gasteiger partial charge in [-0.15, -0.1) is 51.3 Å². The van der Waals surface area contributed by atoms with E-state index in [0.29, 0.717) is 16.9 Å². The minimum absolute atomic E-state index is 0.0265. The number of carboxylic acid groups (broad SMARTS) is 3. The molecule has 38 nitrogen and oxygen atoms in total. The predicted octanol–water partition coefficient (Wildman–Crippen LogP) is -2.71. The molecule has 0 spiro atoms. The topological polar surface area (TPSA) is 588 Å². The number of carbonyl (C=O) groups is 10. The number of pyridine rings is 1. The van der Waals surface area contributed by atoms with E-state index in [1.807, 2.05) is 6.07 Å². The number of rotatable bonds is 19. The number of anilines is 2. The number of fused-ring (bicyclic) bond motifs is 5. The maximum Gasteiger partial charge on any atom is 0.352 e. The fourth-order valence-electron chi connectivity index (χ4n) is 12.5. The Morgan fingerprint density at radius 3 is 1.90 bits per heavy atom. The van der Waals surface area contributed by atoms with Crippen LogP contribution in [0.3, 0.4) is 0 Å². The minimum Gasteiger partial charge on any atom is -0.543 e. The standard InChI is InChI=1S/C22H22N6O7S2.C22H24N2O8.C18H18N8O7S3/c1-22(2,20(33)34)35-26-13(12-10-37-21(23)24-12)16(29)25-14-17(30)28-15(19(31)32)11(9-36-18(14)28)8-27-6-4-3-5-7-27;1-21(31)8-5-4-6-11(25)12(8)16(26)13-9(21)7-10-15(24(2)3)17(27)14(20(23)30)19(29)22(10,32)18(13)28;1-25-18(22-12(28)13(29)23-25)36-4-6-3-34-15-9(14(30)26(15)10(6)16(31)32)21-11(27)8(24-33-2)7-5-35-17(19)20-7/h3-7,10,14,18H,8-9H2,1-2H3,(H4-,23,24,25,29,31,32,33,34);4-6,9-10,15,25,27-28,31-32H,7H2,1-3H3,(H2,23,30);5,9,15H,3-4H2,1-2H3,(H2,19,20)(H,21,27)(H,23,29)(H,31,32)/b26-13-;;24-8-/t14-,18-;9-,10-,15-,21+,22-;9-,15-/m101/s1. The summed E-state index contributed by atoms with van der Waals surface area (Å²) in [5.74, 6) is -14.9. The molecule has 2 fully saturated rings. The Hall–Kier alpha value is -10.8. The normalized spacial score (nSPS) is 24.1. The SMILES string of the molecule is CC(C)(O/N=C(\C(=O)N[C@@H]1C(=O)N2C(C(=O)[O-])=C(C[n+]3ccccc3)CS[C@H]12)c1csc(N)n1)C(=O)O.CN(C)[C@@H]1C(O)=C(C(N)=O)C(=O)[C@@]2(O)C(O)=C3C(=O)c4c(O)cccc4[C@@](C)(O)[C@H]3C[C@@H]12.CO/N=C(\C(=O)N[C@@H]1C(=O)N2C(C(=O)O)=C(CSc3nc(=O)c(O)nn3C)CS[C@H]12)c1csc(N)n1. The molecule has 43 heteroatoms. The first-order valence-corrected chi connectivity index (χ1v) is 35.6. The Morgan fingerprint density at radius 2 is 1.39 bits per heavy atom. The molecular formula is C62H64N16O22S5. The highest BCUT2D eigenvalue weighted by Gasteiger charge is 2.66. The number of aromatic nitrogens is 6. The molecule has 0 unspecified atom stereocenters. The lowest BCUT2D eigenvalue weighted by molar-refractivity contribution is -0.689. The lowest BCUT2D eigenvalue weighted by Crippen LogP contribution is -2.71. The number of aliphatic hydroxyl groups excluding tert-OH is 2. The van der Waals surface area contributed by atoms with E-state index in [9.17, 15) is 98.7 Å². The van der Waals surface area contributed by atoms with Gasteiger partial charge < -0.3 is 88.3 Å². The number of thiazole rings is 2. The van der Waals surface area contributed by atoms with Gasteiger partial charge in [0.2, 0.25) is 11.4 Å². The lowest BCUT2D eigenvalue weighted by atomic mass is 9.55. The first-order valence-electron chi connectivity index (χ1n) is 30.7. The number of nitrogens with zero attached hydrogens (tertiary/aromatic N) is 11. The van der Waals surface area contributed by atoms with Crippen LogP contribution in [0.2, 0.25) is 0 Å². The van der Waals surface area contributed by atoms with Crippen molar-refractivity contribution in [2.45, 2.75) is 84.6 Å². The molecule has 4 aliphatic heterocycles. The molecule has 3 aliphatic carbocycles. The molecule has 0 bridgehead atoms. The number of primary amides is 1. The van der Waals surface area contributed by atoms with Gasteiger partial charge in [-0.05, 0) is 58.5 Å². The van der Waals surface area contributed by atoms with E-state index in [4.69, 9.17) is 26.9 Å². The van der Waals surface area contributed by atoms with Crippen LogP contribution in [0.15, 0.2) is 125 Å². The van der Waals surface area contributed by atoms with Crippen molar-refractivity contribution in [3.8, 4) is 11.6 Å². The number of aliphatic hydroxyl groups is 4. The lowest BCUT2D eigenvalue weighted by Gasteiger charge is -2.52. The van der Waals surface area contributed by atoms with E-state index in [-0.39, 0.29) is 85.2 Å². The molecule has 5 aromatic rings. The number of aliphatic carboxylic acids is 3. The van der Waals surface area contributed by atoms with E-state index in [1.54, 1.807) is 29.1 Å². The van der Waals surface area contributed by atoms with Crippen LogP contribution in [0, 0.1) is 11.8 Å². The first-order chi connectivity index (χ1) is 49.4. The van der Waals surface area contributed by atoms with Gasteiger partial charge in [0.15, 0.2) is 57.2 Å². The average molecular weight is 1550 g/mol. The van der Waals surface area contributed by atoms with Crippen molar-refractivity contribution in [3.05, 3.63) is 138 Å². The zero-order valence-electron chi connectivity index (χ0n) is 55.8. The van der Waals surface area contributed by atoms with Crippen molar-refractivity contribution in [1.82, 2.24) is 50.1 Å². The fraction of sp³-hybridized carbons (Fsp3) is 0.355. The van der Waals surface area contributed by atoms with Crippen molar-refractivity contribution in [2.24, 2.45) is 34.9 Å². The van der Waals surface area contributed by atoms with Crippen LogP contribution in [0.4, 0.5) is 10.3 Å². The Labute approximate surface area is 612 Å². The van der Waals surface area contributed by atoms with E-state index < -0.39 is 156 Å². The number of phenols is 1. The molecule has 105 heavy (non-hydrogen) atoms. The highest BCUT2D eigenvalue weighted by Crippen LogP contribution is 2.57. The molecule has 554 valence electrons. The second kappa shape index (κ2) is 29.7. The van der Waals surface area contributed by atoms with Crippen LogP contribution < -0.4 is 43.1 Å². The van der Waals surface area contributed by atoms with Crippen molar-refractivity contribution in [2.75, 3.05) is 49.9 Å². The summed E-state index contributed by atoms with van der Waals surface area (Å²) in [6, 6.07) is 6.42. The monoisotopic (exact) mass is 1540 g/mol. The maximum atomic E-state index is 13.3. The summed E-state index contributed by atoms with van der Waals surface area (Å²) in [4.78, 5) is 162. The van der Waals surface area contributed by atoms with E-state index >= 15 is 0 Å². The smallest absolute Gasteiger partial charge is 0.352 e. The number of nitrogen functional groups attached to an aromatic ring is 2. The molecule has 4 aromatic heterocycles. The highest BCUT2D eigenvalue weighted by atomic mass is 32.2. The van der Waals surface area contributed by atoms with Crippen molar-refractivity contribution in [1.29, 1.82) is 0 Å². The van der Waals surface area contributed by atoms with Crippen LogP contribution in [0.25, 0.3) is 0 Å². The van der Waals surface area contributed by atoms with Crippen LogP contribution in [0.1, 0.15) is 54.5 Å². The van der Waals surface area contributed by atoms with Crippen molar-refractivity contribution < 1.29 is 108 Å². The minimum atomic E-state index is -2.75. The van der Waals surface area contributed by atoms with E-state index in [2.05, 4.69) is 41.0 Å². The predicted molar refractivity (Wildman–Crippen MR) is 369 cm³/mol. The number of likely N-dealkylation sites (N-methyl/N-ethyl adjacent to an activating group) is 1. The Balaban J connectivity index is 0.000000169. The third-order valence-electron chi connectivity index (χ3n) is 17.5. The summed E-state index contributed by atoms with van der Waals surface area (Å²) >= 11 is 5.73. The summed E-state index contributed by atoms with van der Waals surface area (Å²) in [7, 11) is 5.79. The van der Waals surface area contributed by atoms with Gasteiger partial charge in [-0.1, -0.05) is 40.3 Å². The number of nitrogens with two attached hydrogens (primary N) is 3. The number of nitrogens with one attached hydrogen (secondary N) is 2. The number of carboxylic acids is 3. The molecular weight excluding hydrogens is 1480 g/mol. The summed E-state index contributed by atoms with van der Waals surface area (Å²) in [5.41, 5.74) is 8.11. The zero-order valence-corrected chi connectivity index (χ0v) is 59.9. The highest BCUT2D eigenvalue weighted by molar-refractivity contribution is 8.01. The Kier molecular flexibility index (Phi) is 21.7. The van der Waals surface area contributed by atoms with Gasteiger partial charge in [0, 0.05) is 70.2 Å². The number of amides is 5. The van der Waals surface area contributed by atoms with Crippen LogP contribution >= 0.6 is 58.0 Å². The number of hydrogen-bond acceptors (Lipinski definition) is 34. The average Bonchev–Trinajstić information content (AvgIpc) is 0.915. The second-order valence-electron chi connectivity index (χ2n) is 24.8. The number of carbonyl (C=O) groups excluding carboxylic acids is 8. The zero-order chi connectivity index (χ0) is 77.0. The number of ketones is 2. The number of hydrogen-bond donors (Lipinski definition) is 13. The molecule has 12 rings (SSSR count). The largest absolute Gasteiger partial charge is 0.543 e. The summed E-state index contributed by atoms with van der Waals surface area (Å²) in [6.07, 6.45) is 3.35. The summed E-state index contributed by atoms with van der Waals surface area (Å²) < 4.78 is 2.97.